The average molecular weight is 188 g/mol. The van der Waals surface area contributed by atoms with Gasteiger partial charge in [-0.05, 0) is 6.42 Å². The molecule has 0 heterocycles. The van der Waals surface area contributed by atoms with E-state index in [4.69, 9.17) is 4.74 Å². The first-order chi connectivity index (χ1) is 6.11. The van der Waals surface area contributed by atoms with Crippen LogP contribution < -0.4 is 0 Å². The van der Waals surface area contributed by atoms with E-state index in [9.17, 15) is 9.59 Å². The minimum atomic E-state index is -0.725. The van der Waals surface area contributed by atoms with Crippen LogP contribution in [0.25, 0.3) is 0 Å². The van der Waals surface area contributed by atoms with Gasteiger partial charge in [0, 0.05) is 6.42 Å². The number of carbonyl (C=O) groups excluding carboxylic acids is 2. The minimum absolute atomic E-state index is 0.199. The molecule has 0 saturated carbocycles. The highest BCUT2D eigenvalue weighted by Crippen LogP contribution is 2.06. The molecule has 13 heavy (non-hydrogen) atoms. The fraction of sp³-hybridized carbons (Fsp3) is 0.778. The van der Waals surface area contributed by atoms with Gasteiger partial charge in [0.05, 0.1) is 5.92 Å². The van der Waals surface area contributed by atoms with E-state index in [2.05, 4.69) is 4.74 Å². The summed E-state index contributed by atoms with van der Waals surface area (Å²) in [6, 6.07) is 0. The Labute approximate surface area is 78.2 Å². The van der Waals surface area contributed by atoms with Crippen LogP contribution in [0.15, 0.2) is 0 Å². The highest BCUT2D eigenvalue weighted by molar-refractivity contribution is 5.71. The Morgan fingerprint density at radius 2 is 2.08 bits per heavy atom. The zero-order valence-electron chi connectivity index (χ0n) is 8.28. The lowest BCUT2D eigenvalue weighted by molar-refractivity contribution is -0.183. The van der Waals surface area contributed by atoms with Gasteiger partial charge in [0.25, 0.3) is 6.47 Å². The van der Waals surface area contributed by atoms with E-state index in [0.717, 1.165) is 6.42 Å². The summed E-state index contributed by atoms with van der Waals surface area (Å²) < 4.78 is 9.48. The molecule has 0 bridgehead atoms. The molecule has 0 aromatic carbocycles. The zero-order valence-corrected chi connectivity index (χ0v) is 8.28. The summed E-state index contributed by atoms with van der Waals surface area (Å²) in [4.78, 5) is 21.1. The fourth-order valence-electron chi connectivity index (χ4n) is 0.718. The Balaban J connectivity index is 3.92. The second-order valence-electron chi connectivity index (χ2n) is 3.04. The Morgan fingerprint density at radius 1 is 1.46 bits per heavy atom. The third kappa shape index (κ3) is 5.22. The van der Waals surface area contributed by atoms with Gasteiger partial charge in [-0.1, -0.05) is 20.8 Å². The Kier molecular flexibility index (Phi) is 5.93. The quantitative estimate of drug-likeness (QED) is 0.360. The highest BCUT2D eigenvalue weighted by atomic mass is 16.7. The molecule has 76 valence electrons. The van der Waals surface area contributed by atoms with Gasteiger partial charge in [-0.3, -0.25) is 9.59 Å². The molecule has 0 saturated heterocycles. The van der Waals surface area contributed by atoms with Gasteiger partial charge in [-0.25, -0.2) is 0 Å². The maximum Gasteiger partial charge on any atom is 0.311 e. The average Bonchev–Trinajstić information content (AvgIpc) is 2.05. The molecule has 0 spiro atoms. The van der Waals surface area contributed by atoms with Crippen molar-refractivity contribution in [3.8, 4) is 0 Å². The maximum absolute atomic E-state index is 11.1. The molecule has 4 heteroatoms. The topological polar surface area (TPSA) is 52.6 Å². The van der Waals surface area contributed by atoms with E-state index in [1.54, 1.807) is 13.8 Å². The van der Waals surface area contributed by atoms with E-state index in [-0.39, 0.29) is 11.9 Å². The number of hydrogen-bond donors (Lipinski definition) is 0. The number of carbonyl (C=O) groups is 2. The van der Waals surface area contributed by atoms with E-state index >= 15 is 0 Å². The van der Waals surface area contributed by atoms with Crippen molar-refractivity contribution < 1.29 is 19.1 Å². The summed E-state index contributed by atoms with van der Waals surface area (Å²) >= 11 is 0. The van der Waals surface area contributed by atoms with Gasteiger partial charge in [0.1, 0.15) is 0 Å². The predicted molar refractivity (Wildman–Crippen MR) is 46.8 cm³/mol. The lowest BCUT2D eigenvalue weighted by atomic mass is 10.2. The molecule has 0 aromatic rings. The molecular weight excluding hydrogens is 172 g/mol. The second kappa shape index (κ2) is 6.46. The van der Waals surface area contributed by atoms with Crippen LogP contribution in [-0.2, 0) is 19.1 Å². The second-order valence-corrected chi connectivity index (χ2v) is 3.04. The van der Waals surface area contributed by atoms with Crippen molar-refractivity contribution in [3.63, 3.8) is 0 Å². The van der Waals surface area contributed by atoms with Gasteiger partial charge in [-0.2, -0.15) is 0 Å². The summed E-state index contributed by atoms with van der Waals surface area (Å²) in [6.07, 6.45) is 0.610. The van der Waals surface area contributed by atoms with Crippen LogP contribution in [0.1, 0.15) is 33.6 Å². The van der Waals surface area contributed by atoms with E-state index in [0.29, 0.717) is 12.9 Å². The Hall–Kier alpha value is -1.06. The van der Waals surface area contributed by atoms with Gasteiger partial charge in [0.2, 0.25) is 6.29 Å². The van der Waals surface area contributed by atoms with Crippen LogP contribution in [0.3, 0.4) is 0 Å². The van der Waals surface area contributed by atoms with Crippen molar-refractivity contribution in [2.75, 3.05) is 0 Å². The van der Waals surface area contributed by atoms with E-state index in [1.807, 2.05) is 6.92 Å². The molecule has 0 N–H and O–H groups in total. The van der Waals surface area contributed by atoms with Crippen molar-refractivity contribution in [2.24, 2.45) is 5.92 Å². The van der Waals surface area contributed by atoms with Crippen LogP contribution in [0.2, 0.25) is 0 Å². The number of esters is 1. The molecule has 0 fully saturated rings. The smallest absolute Gasteiger partial charge is 0.311 e. The normalized spacial score (nSPS) is 12.3. The lowest BCUT2D eigenvalue weighted by Gasteiger charge is -2.16. The number of ether oxygens (including phenoxy) is 2. The summed E-state index contributed by atoms with van der Waals surface area (Å²) in [7, 11) is 0. The summed E-state index contributed by atoms with van der Waals surface area (Å²) in [5.74, 6) is -0.546. The molecule has 0 aliphatic carbocycles. The van der Waals surface area contributed by atoms with Crippen LogP contribution in [-0.4, -0.2) is 18.7 Å². The molecule has 4 nitrogen and oxygen atoms in total. The highest BCUT2D eigenvalue weighted by Gasteiger charge is 2.16. The van der Waals surface area contributed by atoms with Crippen molar-refractivity contribution in [1.82, 2.24) is 0 Å². The van der Waals surface area contributed by atoms with Gasteiger partial charge >= 0.3 is 5.97 Å². The molecular formula is C9H16O4. The number of hydrogen-bond acceptors (Lipinski definition) is 4. The monoisotopic (exact) mass is 188 g/mol. The third-order valence-corrected chi connectivity index (χ3v) is 1.45. The molecule has 0 rings (SSSR count). The SMILES string of the molecule is CCCC(OC=O)OC(=O)C(C)C. The molecule has 0 aliphatic heterocycles. The molecule has 0 radical (unpaired) electrons. The maximum atomic E-state index is 11.1. The van der Waals surface area contributed by atoms with Gasteiger partial charge in [-0.15, -0.1) is 0 Å². The van der Waals surface area contributed by atoms with E-state index < -0.39 is 6.29 Å². The summed E-state index contributed by atoms with van der Waals surface area (Å²) in [5, 5.41) is 0. The first-order valence-corrected chi connectivity index (χ1v) is 4.41. The zero-order chi connectivity index (χ0) is 10.3. The molecule has 0 amide bonds. The van der Waals surface area contributed by atoms with Crippen LogP contribution >= 0.6 is 0 Å². The van der Waals surface area contributed by atoms with Crippen molar-refractivity contribution in [2.45, 2.75) is 39.9 Å². The molecule has 1 atom stereocenters. The minimum Gasteiger partial charge on any atom is -0.427 e. The summed E-state index contributed by atoms with van der Waals surface area (Å²) in [6.45, 7) is 5.68. The van der Waals surface area contributed by atoms with Crippen molar-refractivity contribution >= 4 is 12.4 Å². The number of rotatable bonds is 6. The largest absolute Gasteiger partial charge is 0.427 e. The Bertz CT molecular complexity index is 165. The first-order valence-electron chi connectivity index (χ1n) is 4.41. The van der Waals surface area contributed by atoms with Crippen LogP contribution in [0.5, 0.6) is 0 Å². The summed E-state index contributed by atoms with van der Waals surface area (Å²) in [5.41, 5.74) is 0. The van der Waals surface area contributed by atoms with Crippen LogP contribution in [0.4, 0.5) is 0 Å². The van der Waals surface area contributed by atoms with Gasteiger partial charge in [0.15, 0.2) is 0 Å². The fourth-order valence-corrected chi connectivity index (χ4v) is 0.718. The van der Waals surface area contributed by atoms with E-state index in [1.165, 1.54) is 0 Å². The van der Waals surface area contributed by atoms with Crippen molar-refractivity contribution in [1.29, 1.82) is 0 Å². The standard InChI is InChI=1S/C9H16O4/c1-4-5-8(12-6-10)13-9(11)7(2)3/h6-8H,4-5H2,1-3H3. The first kappa shape index (κ1) is 11.9. The third-order valence-electron chi connectivity index (χ3n) is 1.45. The van der Waals surface area contributed by atoms with Crippen molar-refractivity contribution in [3.05, 3.63) is 0 Å². The Morgan fingerprint density at radius 3 is 2.46 bits per heavy atom. The predicted octanol–water partition coefficient (Wildman–Crippen LogP) is 1.48. The lowest BCUT2D eigenvalue weighted by Crippen LogP contribution is -2.23. The molecule has 1 unspecified atom stereocenters. The van der Waals surface area contributed by atoms with Crippen LogP contribution in [0, 0.1) is 5.92 Å². The van der Waals surface area contributed by atoms with Gasteiger partial charge < -0.3 is 9.47 Å². The molecule has 0 aliphatic rings. The molecule has 0 aromatic heterocycles.